The molecular weight excluding hydrogens is 328 g/mol. The lowest BCUT2D eigenvalue weighted by Gasteiger charge is -2.31. The highest BCUT2D eigenvalue weighted by atomic mass is 16.5. The molecule has 3 N–H and O–H groups in total. The van der Waals surface area contributed by atoms with Gasteiger partial charge in [0.2, 0.25) is 0 Å². The standard InChI is InChI=1S/C20H40N4O2/c1-3-21-19(23-16-20(10-14-25)11-15-26-17-20)22-12-7-13-24(2)18-8-5-4-6-9-18/h18,25H,3-17H2,1-2H3,(H2,21,22,23). The van der Waals surface area contributed by atoms with Crippen LogP contribution in [0.15, 0.2) is 4.99 Å². The maximum Gasteiger partial charge on any atom is 0.191 e. The molecule has 0 spiro atoms. The molecule has 0 bridgehead atoms. The first kappa shape index (κ1) is 21.5. The Morgan fingerprint density at radius 1 is 1.27 bits per heavy atom. The van der Waals surface area contributed by atoms with Gasteiger partial charge in [0.15, 0.2) is 5.96 Å². The fourth-order valence-corrected chi connectivity index (χ4v) is 4.12. The summed E-state index contributed by atoms with van der Waals surface area (Å²) < 4.78 is 5.56. The molecule has 152 valence electrons. The number of nitrogens with one attached hydrogen (secondary N) is 2. The summed E-state index contributed by atoms with van der Waals surface area (Å²) in [6, 6.07) is 0.784. The summed E-state index contributed by atoms with van der Waals surface area (Å²) in [5.41, 5.74) is 0.0122. The van der Waals surface area contributed by atoms with E-state index in [1.54, 1.807) is 0 Å². The Balaban J connectivity index is 1.72. The predicted octanol–water partition coefficient (Wildman–Crippen LogP) is 1.99. The van der Waals surface area contributed by atoms with E-state index in [0.29, 0.717) is 13.2 Å². The zero-order valence-corrected chi connectivity index (χ0v) is 16.9. The summed E-state index contributed by atoms with van der Waals surface area (Å²) in [5, 5.41) is 16.2. The summed E-state index contributed by atoms with van der Waals surface area (Å²) >= 11 is 0. The molecule has 2 fully saturated rings. The van der Waals surface area contributed by atoms with Gasteiger partial charge in [0.05, 0.1) is 13.2 Å². The zero-order valence-electron chi connectivity index (χ0n) is 16.9. The fourth-order valence-electron chi connectivity index (χ4n) is 4.12. The number of aliphatic hydroxyl groups excluding tert-OH is 1. The minimum absolute atomic E-state index is 0.0122. The van der Waals surface area contributed by atoms with Gasteiger partial charge in [-0.15, -0.1) is 0 Å². The van der Waals surface area contributed by atoms with E-state index < -0.39 is 0 Å². The molecule has 0 radical (unpaired) electrons. The highest BCUT2D eigenvalue weighted by molar-refractivity contribution is 5.79. The Morgan fingerprint density at radius 2 is 2.08 bits per heavy atom. The van der Waals surface area contributed by atoms with Crippen LogP contribution in [0.5, 0.6) is 0 Å². The first-order chi connectivity index (χ1) is 12.7. The van der Waals surface area contributed by atoms with E-state index in [4.69, 9.17) is 9.73 Å². The van der Waals surface area contributed by atoms with Crippen molar-refractivity contribution in [1.29, 1.82) is 0 Å². The quantitative estimate of drug-likeness (QED) is 0.313. The number of aliphatic hydroxyl groups is 1. The van der Waals surface area contributed by atoms with Crippen LogP contribution in [0.25, 0.3) is 0 Å². The van der Waals surface area contributed by atoms with Gasteiger partial charge in [-0.3, -0.25) is 4.99 Å². The second kappa shape index (κ2) is 11.8. The minimum Gasteiger partial charge on any atom is -0.396 e. The second-order valence-electron chi connectivity index (χ2n) is 8.02. The van der Waals surface area contributed by atoms with Crippen molar-refractivity contribution in [2.24, 2.45) is 10.4 Å². The lowest BCUT2D eigenvalue weighted by molar-refractivity contribution is 0.131. The molecule has 1 saturated carbocycles. The highest BCUT2D eigenvalue weighted by Crippen LogP contribution is 2.32. The van der Waals surface area contributed by atoms with Crippen LogP contribution in [0.1, 0.15) is 58.3 Å². The highest BCUT2D eigenvalue weighted by Gasteiger charge is 2.34. The molecule has 1 aliphatic heterocycles. The first-order valence-electron chi connectivity index (χ1n) is 10.6. The number of hydrogen-bond acceptors (Lipinski definition) is 4. The summed E-state index contributed by atoms with van der Waals surface area (Å²) in [6.07, 6.45) is 9.81. The number of nitrogens with zero attached hydrogens (tertiary/aromatic N) is 2. The van der Waals surface area contributed by atoms with Crippen LogP contribution >= 0.6 is 0 Å². The topological polar surface area (TPSA) is 69.1 Å². The van der Waals surface area contributed by atoms with E-state index in [-0.39, 0.29) is 12.0 Å². The van der Waals surface area contributed by atoms with Gasteiger partial charge in [0.1, 0.15) is 0 Å². The van der Waals surface area contributed by atoms with E-state index in [0.717, 1.165) is 57.5 Å². The molecule has 1 saturated heterocycles. The van der Waals surface area contributed by atoms with E-state index in [1.807, 2.05) is 0 Å². The molecule has 1 unspecified atom stereocenters. The third-order valence-corrected chi connectivity index (χ3v) is 5.92. The van der Waals surface area contributed by atoms with Crippen molar-refractivity contribution in [3.63, 3.8) is 0 Å². The van der Waals surface area contributed by atoms with Gasteiger partial charge in [-0.2, -0.15) is 0 Å². The van der Waals surface area contributed by atoms with E-state index in [1.165, 1.54) is 32.1 Å². The molecular formula is C20H40N4O2. The Bertz CT molecular complexity index is 405. The Labute approximate surface area is 159 Å². The van der Waals surface area contributed by atoms with Crippen molar-refractivity contribution in [2.75, 3.05) is 53.0 Å². The lowest BCUT2D eigenvalue weighted by Crippen LogP contribution is -2.40. The Kier molecular flexibility index (Phi) is 9.72. The first-order valence-corrected chi connectivity index (χ1v) is 10.6. The van der Waals surface area contributed by atoms with Gasteiger partial charge >= 0.3 is 0 Å². The average Bonchev–Trinajstić information content (AvgIpc) is 3.13. The van der Waals surface area contributed by atoms with Crippen molar-refractivity contribution in [3.05, 3.63) is 0 Å². The molecule has 1 aliphatic carbocycles. The van der Waals surface area contributed by atoms with Gasteiger partial charge in [-0.05, 0) is 52.6 Å². The third kappa shape index (κ3) is 7.05. The van der Waals surface area contributed by atoms with Crippen molar-refractivity contribution < 1.29 is 9.84 Å². The van der Waals surface area contributed by atoms with E-state index in [2.05, 4.69) is 29.5 Å². The largest absolute Gasteiger partial charge is 0.396 e. The molecule has 26 heavy (non-hydrogen) atoms. The van der Waals surface area contributed by atoms with Gasteiger partial charge in [0.25, 0.3) is 0 Å². The zero-order chi connectivity index (χ0) is 18.7. The van der Waals surface area contributed by atoms with Crippen LogP contribution in [0.4, 0.5) is 0 Å². The predicted molar refractivity (Wildman–Crippen MR) is 108 cm³/mol. The van der Waals surface area contributed by atoms with E-state index in [9.17, 15) is 5.11 Å². The second-order valence-corrected chi connectivity index (χ2v) is 8.02. The number of aliphatic imine (C=N–C) groups is 1. The SMILES string of the molecule is CCNC(=NCC1(CCO)CCOC1)NCCCN(C)C1CCCCC1. The lowest BCUT2D eigenvalue weighted by atomic mass is 9.84. The van der Waals surface area contributed by atoms with Crippen LogP contribution in [0, 0.1) is 5.41 Å². The maximum absolute atomic E-state index is 9.35. The Hall–Kier alpha value is -0.850. The molecule has 0 amide bonds. The summed E-state index contributed by atoms with van der Waals surface area (Å²) in [7, 11) is 2.27. The smallest absolute Gasteiger partial charge is 0.191 e. The molecule has 1 atom stereocenters. The van der Waals surface area contributed by atoms with Crippen LogP contribution in [0.3, 0.4) is 0 Å². The third-order valence-electron chi connectivity index (χ3n) is 5.92. The van der Waals surface area contributed by atoms with Crippen molar-refractivity contribution >= 4 is 5.96 Å². The number of rotatable bonds is 10. The van der Waals surface area contributed by atoms with Crippen LogP contribution in [-0.2, 0) is 4.74 Å². The van der Waals surface area contributed by atoms with Crippen molar-refractivity contribution in [2.45, 2.75) is 64.3 Å². The maximum atomic E-state index is 9.35. The van der Waals surface area contributed by atoms with Gasteiger partial charge in [-0.1, -0.05) is 19.3 Å². The van der Waals surface area contributed by atoms with Gasteiger partial charge in [-0.25, -0.2) is 0 Å². The fraction of sp³-hybridized carbons (Fsp3) is 0.950. The molecule has 0 aromatic heterocycles. The monoisotopic (exact) mass is 368 g/mol. The number of hydrogen-bond donors (Lipinski definition) is 3. The van der Waals surface area contributed by atoms with Crippen molar-refractivity contribution in [3.8, 4) is 0 Å². The van der Waals surface area contributed by atoms with Crippen LogP contribution < -0.4 is 10.6 Å². The van der Waals surface area contributed by atoms with Crippen molar-refractivity contribution in [1.82, 2.24) is 15.5 Å². The minimum atomic E-state index is 0.0122. The molecule has 0 aromatic carbocycles. The summed E-state index contributed by atoms with van der Waals surface area (Å²) in [4.78, 5) is 7.32. The molecule has 0 aromatic rings. The summed E-state index contributed by atoms with van der Waals surface area (Å²) in [5.74, 6) is 0.886. The Morgan fingerprint density at radius 3 is 2.73 bits per heavy atom. The molecule has 6 heteroatoms. The van der Waals surface area contributed by atoms with Gasteiger partial charge in [0, 0.05) is 37.8 Å². The molecule has 2 aliphatic rings. The van der Waals surface area contributed by atoms with E-state index >= 15 is 0 Å². The molecule has 1 heterocycles. The number of guanidine groups is 1. The normalized spacial score (nSPS) is 25.0. The van der Waals surface area contributed by atoms with Crippen LogP contribution in [0.2, 0.25) is 0 Å². The van der Waals surface area contributed by atoms with Crippen LogP contribution in [-0.4, -0.2) is 75.1 Å². The van der Waals surface area contributed by atoms with Gasteiger partial charge < -0.3 is 25.4 Å². The summed E-state index contributed by atoms with van der Waals surface area (Å²) in [6.45, 7) is 7.44. The molecule has 2 rings (SSSR count). The average molecular weight is 369 g/mol. The molecule has 6 nitrogen and oxygen atoms in total. The number of ether oxygens (including phenoxy) is 1.